The van der Waals surface area contributed by atoms with Crippen molar-refractivity contribution in [3.8, 4) is 0 Å². The number of hydrogen-bond donors (Lipinski definition) is 2. The number of nitrogens with one attached hydrogen (secondary N) is 1. The number of hydrogen-bond acceptors (Lipinski definition) is 3. The molecule has 1 fully saturated rings. The van der Waals surface area contributed by atoms with E-state index in [1.54, 1.807) is 4.90 Å². The third-order valence-electron chi connectivity index (χ3n) is 2.83. The number of amidine groups is 1. The summed E-state index contributed by atoms with van der Waals surface area (Å²) in [7, 11) is 0. The van der Waals surface area contributed by atoms with E-state index in [-0.39, 0.29) is 6.03 Å². The predicted molar refractivity (Wildman–Crippen MR) is 65.6 cm³/mol. The fourth-order valence-electron chi connectivity index (χ4n) is 1.99. The Hall–Kier alpha value is -2.04. The molecule has 1 aromatic rings. The van der Waals surface area contributed by atoms with Gasteiger partial charge in [-0.2, -0.15) is 0 Å². The maximum atomic E-state index is 11.8. The first kappa shape index (κ1) is 11.4. The standard InChI is InChI=1S/C12H15N3O2/c1-8-3-4-10(9(2)7-8)15-6-5-11(14-17)13-12(15)16/h3-4,7,17H,5-6H2,1-2H3,(H,13,14,16). The van der Waals surface area contributed by atoms with E-state index in [0.717, 1.165) is 11.3 Å². The number of carbonyl (C=O) groups is 1. The minimum Gasteiger partial charge on any atom is -0.409 e. The van der Waals surface area contributed by atoms with Crippen LogP contribution in [0.25, 0.3) is 0 Å². The van der Waals surface area contributed by atoms with Gasteiger partial charge in [-0.05, 0) is 25.5 Å². The second-order valence-corrected chi connectivity index (χ2v) is 4.17. The van der Waals surface area contributed by atoms with Crippen molar-refractivity contribution in [1.29, 1.82) is 0 Å². The van der Waals surface area contributed by atoms with Gasteiger partial charge in [-0.25, -0.2) is 4.79 Å². The fraction of sp³-hybridized carbons (Fsp3) is 0.333. The molecule has 0 unspecified atom stereocenters. The van der Waals surface area contributed by atoms with Gasteiger partial charge in [0.25, 0.3) is 0 Å². The molecule has 0 aromatic heterocycles. The summed E-state index contributed by atoms with van der Waals surface area (Å²) in [5, 5.41) is 14.2. The van der Waals surface area contributed by atoms with Gasteiger partial charge < -0.3 is 5.21 Å². The fourth-order valence-corrected chi connectivity index (χ4v) is 1.99. The molecule has 1 heterocycles. The Morgan fingerprint density at radius 1 is 1.41 bits per heavy atom. The number of benzene rings is 1. The van der Waals surface area contributed by atoms with E-state index in [1.807, 2.05) is 32.0 Å². The van der Waals surface area contributed by atoms with Crippen LogP contribution in [0.3, 0.4) is 0 Å². The number of rotatable bonds is 1. The van der Waals surface area contributed by atoms with Gasteiger partial charge in [-0.3, -0.25) is 10.2 Å². The lowest BCUT2D eigenvalue weighted by Crippen LogP contribution is -2.50. The Morgan fingerprint density at radius 3 is 2.76 bits per heavy atom. The van der Waals surface area contributed by atoms with Crippen molar-refractivity contribution in [3.63, 3.8) is 0 Å². The van der Waals surface area contributed by atoms with Crippen LogP contribution in [0.4, 0.5) is 10.5 Å². The van der Waals surface area contributed by atoms with Gasteiger partial charge in [0, 0.05) is 18.7 Å². The predicted octanol–water partition coefficient (Wildman–Crippen LogP) is 2.01. The molecule has 1 aliphatic heterocycles. The third-order valence-corrected chi connectivity index (χ3v) is 2.83. The second-order valence-electron chi connectivity index (χ2n) is 4.17. The molecular formula is C12H15N3O2. The van der Waals surface area contributed by atoms with Crippen LogP contribution < -0.4 is 10.2 Å². The maximum absolute atomic E-state index is 11.8. The van der Waals surface area contributed by atoms with Gasteiger partial charge in [0.15, 0.2) is 5.84 Å². The van der Waals surface area contributed by atoms with E-state index in [9.17, 15) is 4.79 Å². The van der Waals surface area contributed by atoms with Gasteiger partial charge in [0.2, 0.25) is 0 Å². The quantitative estimate of drug-likeness (QED) is 0.575. The number of oxime groups is 1. The lowest BCUT2D eigenvalue weighted by atomic mass is 10.1. The van der Waals surface area contributed by atoms with Crippen LogP contribution >= 0.6 is 0 Å². The molecule has 0 saturated carbocycles. The molecule has 2 amide bonds. The van der Waals surface area contributed by atoms with Crippen molar-refractivity contribution in [3.05, 3.63) is 29.3 Å². The van der Waals surface area contributed by atoms with Crippen LogP contribution in [0.1, 0.15) is 17.5 Å². The molecule has 0 atom stereocenters. The largest absolute Gasteiger partial charge is 0.409 e. The van der Waals surface area contributed by atoms with Gasteiger partial charge in [0.1, 0.15) is 0 Å². The summed E-state index contributed by atoms with van der Waals surface area (Å²) < 4.78 is 0. The average Bonchev–Trinajstić information content (AvgIpc) is 2.30. The smallest absolute Gasteiger partial charge is 0.327 e. The highest BCUT2D eigenvalue weighted by Crippen LogP contribution is 2.22. The summed E-state index contributed by atoms with van der Waals surface area (Å²) in [6.45, 7) is 4.52. The van der Waals surface area contributed by atoms with E-state index in [0.29, 0.717) is 18.8 Å². The molecule has 5 nitrogen and oxygen atoms in total. The van der Waals surface area contributed by atoms with E-state index < -0.39 is 0 Å². The van der Waals surface area contributed by atoms with Crippen molar-refractivity contribution in [2.24, 2.45) is 5.16 Å². The summed E-state index contributed by atoms with van der Waals surface area (Å²) in [5.41, 5.74) is 3.12. The molecule has 1 aromatic carbocycles. The van der Waals surface area contributed by atoms with Crippen molar-refractivity contribution in [2.75, 3.05) is 11.4 Å². The molecule has 2 rings (SSSR count). The van der Waals surface area contributed by atoms with Gasteiger partial charge >= 0.3 is 6.03 Å². The topological polar surface area (TPSA) is 64.9 Å². The molecule has 0 bridgehead atoms. The molecule has 17 heavy (non-hydrogen) atoms. The summed E-state index contributed by atoms with van der Waals surface area (Å²) in [4.78, 5) is 13.5. The first-order valence-electron chi connectivity index (χ1n) is 5.48. The summed E-state index contributed by atoms with van der Waals surface area (Å²) >= 11 is 0. The lowest BCUT2D eigenvalue weighted by Gasteiger charge is -2.29. The normalized spacial score (nSPS) is 18.4. The molecule has 0 spiro atoms. The van der Waals surface area contributed by atoms with Crippen molar-refractivity contribution < 1.29 is 10.0 Å². The second kappa shape index (κ2) is 4.45. The zero-order valence-corrected chi connectivity index (χ0v) is 9.90. The SMILES string of the molecule is Cc1ccc(N2CC/C(=N\O)NC2=O)c(C)c1. The molecule has 0 radical (unpaired) electrons. The van der Waals surface area contributed by atoms with Crippen LogP contribution in [0.5, 0.6) is 0 Å². The van der Waals surface area contributed by atoms with Crippen LogP contribution in [-0.4, -0.2) is 23.6 Å². The van der Waals surface area contributed by atoms with Crippen LogP contribution in [0.2, 0.25) is 0 Å². The summed E-state index contributed by atoms with van der Waals surface area (Å²) in [5.74, 6) is 0.316. The highest BCUT2D eigenvalue weighted by atomic mass is 16.4. The van der Waals surface area contributed by atoms with Crippen molar-refractivity contribution in [1.82, 2.24) is 5.32 Å². The number of carbonyl (C=O) groups excluding carboxylic acids is 1. The monoisotopic (exact) mass is 233 g/mol. The average molecular weight is 233 g/mol. The summed E-state index contributed by atoms with van der Waals surface area (Å²) in [6, 6.07) is 5.70. The minimum atomic E-state index is -0.254. The molecule has 5 heteroatoms. The highest BCUT2D eigenvalue weighted by molar-refractivity contribution is 6.07. The highest BCUT2D eigenvalue weighted by Gasteiger charge is 2.24. The Morgan fingerprint density at radius 2 is 2.18 bits per heavy atom. The lowest BCUT2D eigenvalue weighted by molar-refractivity contribution is 0.247. The Labute approximate surface area is 99.7 Å². The van der Waals surface area contributed by atoms with E-state index in [4.69, 9.17) is 5.21 Å². The van der Waals surface area contributed by atoms with Gasteiger partial charge in [-0.15, -0.1) is 0 Å². The number of urea groups is 1. The Balaban J connectivity index is 2.26. The van der Waals surface area contributed by atoms with Crippen molar-refractivity contribution in [2.45, 2.75) is 20.3 Å². The zero-order valence-electron chi connectivity index (χ0n) is 9.90. The molecule has 1 saturated heterocycles. The number of nitrogens with zero attached hydrogens (tertiary/aromatic N) is 2. The molecule has 90 valence electrons. The third kappa shape index (κ3) is 2.22. The molecular weight excluding hydrogens is 218 g/mol. The first-order valence-corrected chi connectivity index (χ1v) is 5.48. The van der Waals surface area contributed by atoms with E-state index in [2.05, 4.69) is 10.5 Å². The van der Waals surface area contributed by atoms with E-state index >= 15 is 0 Å². The zero-order chi connectivity index (χ0) is 12.4. The first-order chi connectivity index (χ1) is 8.11. The number of aryl methyl sites for hydroxylation is 2. The Kier molecular flexibility index (Phi) is 2.99. The van der Waals surface area contributed by atoms with Crippen LogP contribution in [0, 0.1) is 13.8 Å². The molecule has 0 aliphatic carbocycles. The van der Waals surface area contributed by atoms with Crippen LogP contribution in [-0.2, 0) is 0 Å². The summed E-state index contributed by atoms with van der Waals surface area (Å²) in [6.07, 6.45) is 0.523. The van der Waals surface area contributed by atoms with Crippen molar-refractivity contribution >= 4 is 17.6 Å². The minimum absolute atomic E-state index is 0.254. The van der Waals surface area contributed by atoms with Gasteiger partial charge in [0.05, 0.1) is 0 Å². The number of amides is 2. The maximum Gasteiger partial charge on any atom is 0.327 e. The van der Waals surface area contributed by atoms with Crippen LogP contribution in [0.15, 0.2) is 23.4 Å². The Bertz CT molecular complexity index is 483. The van der Waals surface area contributed by atoms with Gasteiger partial charge in [-0.1, -0.05) is 22.9 Å². The molecule has 2 N–H and O–H groups in total. The number of anilines is 1. The molecule has 1 aliphatic rings. The van der Waals surface area contributed by atoms with E-state index in [1.165, 1.54) is 5.56 Å².